The van der Waals surface area contributed by atoms with Crippen LogP contribution in [-0.2, 0) is 0 Å². The Bertz CT molecular complexity index is 386. The largest absolute Gasteiger partial charge is 0.276 e. The van der Waals surface area contributed by atoms with E-state index in [1.165, 1.54) is 0 Å². The number of halogens is 5. The second-order valence-corrected chi connectivity index (χ2v) is 4.00. The van der Waals surface area contributed by atoms with E-state index in [0.717, 1.165) is 6.07 Å². The summed E-state index contributed by atoms with van der Waals surface area (Å²) in [6.07, 6.45) is -2.78. The summed E-state index contributed by atoms with van der Waals surface area (Å²) in [5.41, 5.74) is -0.553. The van der Waals surface area contributed by atoms with Crippen molar-refractivity contribution in [3.8, 4) is 0 Å². The van der Waals surface area contributed by atoms with Crippen molar-refractivity contribution < 1.29 is 13.6 Å². The lowest BCUT2D eigenvalue weighted by atomic mass is 10.2. The summed E-state index contributed by atoms with van der Waals surface area (Å²) in [6, 6.07) is 0.955. The molecule has 0 unspecified atom stereocenters. The molecule has 0 bridgehead atoms. The average Bonchev–Trinajstić information content (AvgIpc) is 2.02. The zero-order chi connectivity index (χ0) is 10.9. The molecule has 1 heterocycles. The lowest BCUT2D eigenvalue weighted by Gasteiger charge is -2.05. The fraction of sp³-hybridized carbons (Fsp3) is 0.143. The highest BCUT2D eigenvalue weighted by atomic mass is 127. The molecule has 7 heteroatoms. The van der Waals surface area contributed by atoms with Gasteiger partial charge in [-0.05, 0) is 40.3 Å². The van der Waals surface area contributed by atoms with Gasteiger partial charge in [0.15, 0.2) is 0 Å². The van der Waals surface area contributed by atoms with E-state index in [1.54, 1.807) is 22.6 Å². The van der Waals surface area contributed by atoms with Crippen molar-refractivity contribution in [2.45, 2.75) is 6.43 Å². The average molecular weight is 352 g/mol. The third-order valence-corrected chi connectivity index (χ3v) is 2.73. The molecule has 0 saturated heterocycles. The van der Waals surface area contributed by atoms with E-state index in [9.17, 15) is 13.6 Å². The molecular weight excluding hydrogens is 350 g/mol. The summed E-state index contributed by atoms with van der Waals surface area (Å²) in [4.78, 5) is 14.4. The van der Waals surface area contributed by atoms with Crippen molar-refractivity contribution in [1.82, 2.24) is 4.98 Å². The molecule has 0 aliphatic carbocycles. The van der Waals surface area contributed by atoms with Crippen LogP contribution in [0.15, 0.2) is 6.07 Å². The summed E-state index contributed by atoms with van der Waals surface area (Å²) < 4.78 is 24.8. The molecule has 0 spiro atoms. The molecule has 0 aliphatic heterocycles. The number of alkyl halides is 2. The molecule has 76 valence electrons. The maximum absolute atomic E-state index is 12.3. The van der Waals surface area contributed by atoms with Gasteiger partial charge < -0.3 is 0 Å². The van der Waals surface area contributed by atoms with Gasteiger partial charge in [0, 0.05) is 0 Å². The van der Waals surface area contributed by atoms with Crippen molar-refractivity contribution in [3.63, 3.8) is 0 Å². The Morgan fingerprint density at radius 2 is 2.14 bits per heavy atom. The summed E-state index contributed by atoms with van der Waals surface area (Å²) in [6.45, 7) is 0. The predicted octanol–water partition coefficient (Wildman–Crippen LogP) is 3.66. The predicted molar refractivity (Wildman–Crippen MR) is 57.1 cm³/mol. The summed E-state index contributed by atoms with van der Waals surface area (Å²) in [5.74, 6) is 0. The van der Waals surface area contributed by atoms with Crippen molar-refractivity contribution >= 4 is 51.0 Å². The molecule has 2 nitrogen and oxygen atoms in total. The minimum absolute atomic E-state index is 0.0630. The molecule has 0 N–H and O–H groups in total. The molecule has 14 heavy (non-hydrogen) atoms. The van der Waals surface area contributed by atoms with Crippen LogP contribution < -0.4 is 0 Å². The molecule has 1 rings (SSSR count). The van der Waals surface area contributed by atoms with Crippen molar-refractivity contribution in [2.24, 2.45) is 0 Å². The fourth-order valence-corrected chi connectivity index (χ4v) is 2.09. The maximum Gasteiger partial charge on any atom is 0.266 e. The third kappa shape index (κ3) is 2.52. The van der Waals surface area contributed by atoms with E-state index in [2.05, 4.69) is 4.98 Å². The normalized spacial score (nSPS) is 10.7. The Kier molecular flexibility index (Phi) is 4.03. The van der Waals surface area contributed by atoms with Gasteiger partial charge in [0.2, 0.25) is 0 Å². The lowest BCUT2D eigenvalue weighted by Crippen LogP contribution is -2.01. The van der Waals surface area contributed by atoms with Crippen LogP contribution in [-0.4, -0.2) is 10.2 Å². The minimum atomic E-state index is -2.78. The Balaban J connectivity index is 3.34. The SMILES string of the molecule is O=C(Cl)c1cc(C(F)F)c(Cl)nc1I. The lowest BCUT2D eigenvalue weighted by molar-refractivity contribution is 0.107. The Hall–Kier alpha value is -0.0100. The van der Waals surface area contributed by atoms with Gasteiger partial charge in [0.1, 0.15) is 8.85 Å². The molecule has 0 aliphatic rings. The summed E-state index contributed by atoms with van der Waals surface area (Å²) >= 11 is 12.3. The number of hydrogen-bond acceptors (Lipinski definition) is 2. The third-order valence-electron chi connectivity index (χ3n) is 1.40. The van der Waals surface area contributed by atoms with E-state index in [-0.39, 0.29) is 14.4 Å². The Morgan fingerprint density at radius 3 is 2.57 bits per heavy atom. The molecule has 1 aromatic rings. The van der Waals surface area contributed by atoms with E-state index in [0.29, 0.717) is 0 Å². The highest BCUT2D eigenvalue weighted by molar-refractivity contribution is 14.1. The molecular formula is C7H2Cl2F2INO. The number of rotatable bonds is 2. The van der Waals surface area contributed by atoms with Gasteiger partial charge in [0.25, 0.3) is 11.7 Å². The number of hydrogen-bond donors (Lipinski definition) is 0. The van der Waals surface area contributed by atoms with Crippen molar-refractivity contribution in [3.05, 3.63) is 26.0 Å². The van der Waals surface area contributed by atoms with Gasteiger partial charge in [-0.1, -0.05) is 11.6 Å². The van der Waals surface area contributed by atoms with Crippen LogP contribution in [0.5, 0.6) is 0 Å². The fourth-order valence-electron chi connectivity index (χ4n) is 0.776. The van der Waals surface area contributed by atoms with Crippen LogP contribution in [0.2, 0.25) is 5.15 Å². The smallest absolute Gasteiger partial charge is 0.266 e. The van der Waals surface area contributed by atoms with Gasteiger partial charge in [-0.3, -0.25) is 4.79 Å². The highest BCUT2D eigenvalue weighted by Crippen LogP contribution is 2.28. The summed E-state index contributed by atoms with van der Waals surface area (Å²) in [7, 11) is 0. The van der Waals surface area contributed by atoms with Gasteiger partial charge in [-0.2, -0.15) is 0 Å². The quantitative estimate of drug-likeness (QED) is 0.462. The van der Waals surface area contributed by atoms with E-state index < -0.39 is 17.2 Å². The second kappa shape index (κ2) is 4.67. The van der Waals surface area contributed by atoms with Crippen LogP contribution in [0.4, 0.5) is 8.78 Å². The summed E-state index contributed by atoms with van der Waals surface area (Å²) in [5, 5.41) is -1.15. The van der Waals surface area contributed by atoms with E-state index in [1.807, 2.05) is 0 Å². The first-order valence-electron chi connectivity index (χ1n) is 3.27. The first-order chi connectivity index (χ1) is 6.43. The molecule has 0 amide bonds. The minimum Gasteiger partial charge on any atom is -0.276 e. The zero-order valence-electron chi connectivity index (χ0n) is 6.40. The van der Waals surface area contributed by atoms with Gasteiger partial charge >= 0.3 is 0 Å². The Labute approximate surface area is 102 Å². The van der Waals surface area contributed by atoms with Gasteiger partial charge in [-0.25, -0.2) is 13.8 Å². The van der Waals surface area contributed by atoms with Crippen LogP contribution in [0.25, 0.3) is 0 Å². The van der Waals surface area contributed by atoms with Crippen LogP contribution in [0, 0.1) is 3.70 Å². The molecule has 0 saturated carbocycles. The topological polar surface area (TPSA) is 30.0 Å². The monoisotopic (exact) mass is 351 g/mol. The van der Waals surface area contributed by atoms with E-state index in [4.69, 9.17) is 23.2 Å². The maximum atomic E-state index is 12.3. The van der Waals surface area contributed by atoms with Crippen molar-refractivity contribution in [1.29, 1.82) is 0 Å². The van der Waals surface area contributed by atoms with E-state index >= 15 is 0 Å². The van der Waals surface area contributed by atoms with Crippen molar-refractivity contribution in [2.75, 3.05) is 0 Å². The molecule has 1 aromatic heterocycles. The molecule has 0 aromatic carbocycles. The second-order valence-electron chi connectivity index (χ2n) is 2.28. The first-order valence-corrected chi connectivity index (χ1v) is 5.11. The standard InChI is InChI=1S/C7H2Cl2F2INO/c8-4-2(6(10)11)1-3(5(9)14)7(12)13-4/h1,6H. The van der Waals surface area contributed by atoms with Gasteiger partial charge in [0.05, 0.1) is 11.1 Å². The van der Waals surface area contributed by atoms with Gasteiger partial charge in [-0.15, -0.1) is 0 Å². The number of aromatic nitrogens is 1. The Morgan fingerprint density at radius 1 is 1.57 bits per heavy atom. The molecule has 0 fully saturated rings. The number of nitrogens with zero attached hydrogens (tertiary/aromatic N) is 1. The highest BCUT2D eigenvalue weighted by Gasteiger charge is 2.18. The first kappa shape index (κ1) is 12.1. The number of carbonyl (C=O) groups is 1. The number of carbonyl (C=O) groups excluding carboxylic acids is 1. The molecule has 0 radical (unpaired) electrons. The number of pyridine rings is 1. The van der Waals surface area contributed by atoms with Crippen LogP contribution in [0.1, 0.15) is 22.3 Å². The molecule has 0 atom stereocenters. The van der Waals surface area contributed by atoms with Crippen LogP contribution in [0.3, 0.4) is 0 Å². The zero-order valence-corrected chi connectivity index (χ0v) is 10.1. The van der Waals surface area contributed by atoms with Crippen LogP contribution >= 0.6 is 45.8 Å².